The summed E-state index contributed by atoms with van der Waals surface area (Å²) in [4.78, 5) is 0. The van der Waals surface area contributed by atoms with E-state index in [4.69, 9.17) is 0 Å². The zero-order valence-corrected chi connectivity index (χ0v) is 22.2. The van der Waals surface area contributed by atoms with Crippen LogP contribution in [0.1, 0.15) is 5.56 Å². The van der Waals surface area contributed by atoms with E-state index < -0.39 is 0 Å². The Labute approximate surface area is 205 Å². The molecule has 0 N–H and O–H groups in total. The van der Waals surface area contributed by atoms with Crippen molar-refractivity contribution in [2.45, 2.75) is 6.92 Å². The third-order valence-electron chi connectivity index (χ3n) is 4.59. The van der Waals surface area contributed by atoms with E-state index in [9.17, 15) is 0 Å². The molecular formula is C25H21Cl2HfP. The van der Waals surface area contributed by atoms with Crippen molar-refractivity contribution >= 4 is 40.7 Å². The molecule has 0 aliphatic heterocycles. The topological polar surface area (TPSA) is 0 Å². The van der Waals surface area contributed by atoms with Gasteiger partial charge in [0.05, 0.1) is 0 Å². The maximum absolute atomic E-state index is 2.29. The van der Waals surface area contributed by atoms with E-state index in [-0.39, 0.29) is 50.7 Å². The van der Waals surface area contributed by atoms with E-state index in [1.165, 1.54) is 37.7 Å². The van der Waals surface area contributed by atoms with Gasteiger partial charge in [-0.05, 0) is 5.30 Å². The van der Waals surface area contributed by atoms with E-state index in [1.807, 2.05) is 0 Å². The smallest absolute Gasteiger partial charge is 1.00 e. The molecule has 0 fully saturated rings. The first-order valence-electron chi connectivity index (χ1n) is 8.89. The molecule has 0 aliphatic rings. The average molecular weight is 602 g/mol. The van der Waals surface area contributed by atoms with Crippen molar-refractivity contribution in [3.63, 3.8) is 0 Å². The second kappa shape index (κ2) is 12.5. The molecular weight excluding hydrogens is 581 g/mol. The largest absolute Gasteiger partial charge is 4.00 e. The fraction of sp³-hybridized carbons (Fsp3) is 0.0400. The summed E-state index contributed by atoms with van der Waals surface area (Å²) >= 11 is 0. The summed E-state index contributed by atoms with van der Waals surface area (Å²) in [6.45, 7) is 2.21. The van der Waals surface area contributed by atoms with Crippen LogP contribution < -0.4 is 35.4 Å². The fourth-order valence-corrected chi connectivity index (χ4v) is 4.55. The Kier molecular flexibility index (Phi) is 11.1. The van der Waals surface area contributed by atoms with E-state index in [0.29, 0.717) is 0 Å². The molecule has 0 heterocycles. The van der Waals surface area contributed by atoms with Crippen LogP contribution in [0.5, 0.6) is 0 Å². The third-order valence-corrected chi connectivity index (χ3v) is 6.12. The molecule has 1 unspecified atom stereocenters. The molecule has 0 nitrogen and oxygen atoms in total. The van der Waals surface area contributed by atoms with Gasteiger partial charge in [0.2, 0.25) is 0 Å². The molecule has 144 valence electrons. The van der Waals surface area contributed by atoms with Crippen LogP contribution in [0.4, 0.5) is 0 Å². The van der Waals surface area contributed by atoms with Gasteiger partial charge in [-0.25, -0.2) is 0 Å². The van der Waals surface area contributed by atoms with Crippen LogP contribution in [0.3, 0.4) is 0 Å². The Bertz CT molecular complexity index is 1100. The molecule has 4 heteroatoms. The maximum Gasteiger partial charge on any atom is 4.00 e. The molecule has 0 aliphatic carbocycles. The second-order valence-electron chi connectivity index (χ2n) is 6.44. The first kappa shape index (κ1) is 25.8. The Morgan fingerprint density at radius 3 is 2.03 bits per heavy atom. The number of benzene rings is 3. The number of hydrogen-bond acceptors (Lipinski definition) is 0. The Morgan fingerprint density at radius 2 is 1.31 bits per heavy atom. The predicted octanol–water partition coefficient (Wildman–Crippen LogP) is 0.0606. The van der Waals surface area contributed by atoms with Crippen LogP contribution in [0.15, 0.2) is 103 Å². The van der Waals surface area contributed by atoms with Crippen LogP contribution in [-0.4, -0.2) is 0 Å². The van der Waals surface area contributed by atoms with E-state index in [2.05, 4.69) is 110 Å². The van der Waals surface area contributed by atoms with Crippen LogP contribution >= 0.6 is 8.58 Å². The van der Waals surface area contributed by atoms with Gasteiger partial charge in [0.15, 0.2) is 0 Å². The standard InChI is InChI=1S/C16H14P.C9H7.2ClH.Hf/c1-12-11-13-7-5-6-10-15(13)16(12)17-14-8-3-2-4-9-14;1-2-5-9-7-3-6-8(9)4-1;;;/h2-11,17H,1H3;1-7H;2*1H;/q2*-1;;;+4/p-2. The van der Waals surface area contributed by atoms with Gasteiger partial charge < -0.3 is 24.8 Å². The molecule has 29 heavy (non-hydrogen) atoms. The number of halogens is 2. The minimum Gasteiger partial charge on any atom is -1.00 e. The van der Waals surface area contributed by atoms with Gasteiger partial charge in [0.1, 0.15) is 0 Å². The molecule has 0 aromatic heterocycles. The summed E-state index contributed by atoms with van der Waals surface area (Å²) in [5, 5.41) is 8.34. The van der Waals surface area contributed by atoms with Crippen molar-refractivity contribution < 1.29 is 50.7 Å². The predicted molar refractivity (Wildman–Crippen MR) is 118 cm³/mol. The van der Waals surface area contributed by atoms with Gasteiger partial charge in [0.25, 0.3) is 0 Å². The molecule has 0 bridgehead atoms. The molecule has 5 aromatic carbocycles. The van der Waals surface area contributed by atoms with Crippen LogP contribution in [0.25, 0.3) is 21.5 Å². The number of aryl methyl sites for hydroxylation is 1. The van der Waals surface area contributed by atoms with Gasteiger partial charge in [-0.15, -0.1) is 84.1 Å². The van der Waals surface area contributed by atoms with Gasteiger partial charge in [-0.1, -0.05) is 49.4 Å². The summed E-state index contributed by atoms with van der Waals surface area (Å²) in [6, 6.07) is 36.3. The van der Waals surface area contributed by atoms with Crippen molar-refractivity contribution in [3.05, 3.63) is 109 Å². The first-order chi connectivity index (χ1) is 12.8. The SMILES string of the molecule is Cc1[cH-]c2ccccc2c1Pc1ccccc1.[Cl-].[Cl-].[Hf+4].c1ccc2[cH-]ccc2c1. The molecule has 0 spiro atoms. The van der Waals surface area contributed by atoms with Crippen LogP contribution in [-0.2, 0) is 25.8 Å². The molecule has 5 aromatic rings. The molecule has 5 rings (SSSR count). The first-order valence-corrected chi connectivity index (χ1v) is 9.89. The zero-order chi connectivity index (χ0) is 17.8. The molecule has 0 saturated carbocycles. The summed E-state index contributed by atoms with van der Waals surface area (Å²) < 4.78 is 0. The third kappa shape index (κ3) is 6.37. The van der Waals surface area contributed by atoms with Crippen LogP contribution in [0, 0.1) is 6.92 Å². The van der Waals surface area contributed by atoms with E-state index in [0.717, 1.165) is 8.58 Å². The van der Waals surface area contributed by atoms with Gasteiger partial charge in [-0.2, -0.15) is 17.5 Å². The van der Waals surface area contributed by atoms with E-state index >= 15 is 0 Å². The summed E-state index contributed by atoms with van der Waals surface area (Å²) in [5.41, 5.74) is 1.41. The Hall–Kier alpha value is -1.24. The number of fused-ring (bicyclic) bond motifs is 2. The fourth-order valence-electron chi connectivity index (χ4n) is 3.27. The Morgan fingerprint density at radius 1 is 0.690 bits per heavy atom. The Balaban J connectivity index is 0.000000302. The van der Waals surface area contributed by atoms with E-state index in [1.54, 1.807) is 0 Å². The molecule has 0 saturated heterocycles. The molecule has 0 amide bonds. The minimum atomic E-state index is 0. The van der Waals surface area contributed by atoms with Crippen molar-refractivity contribution in [1.82, 2.24) is 0 Å². The maximum atomic E-state index is 2.29. The summed E-state index contributed by atoms with van der Waals surface area (Å²) in [5.74, 6) is 0. The number of hydrogen-bond donors (Lipinski definition) is 0. The van der Waals surface area contributed by atoms with Crippen molar-refractivity contribution in [3.8, 4) is 0 Å². The van der Waals surface area contributed by atoms with Crippen molar-refractivity contribution in [2.24, 2.45) is 0 Å². The minimum absolute atomic E-state index is 0. The quantitative estimate of drug-likeness (QED) is 0.153. The van der Waals surface area contributed by atoms with Gasteiger partial charge in [0, 0.05) is 0 Å². The monoisotopic (exact) mass is 602 g/mol. The normalized spacial score (nSPS) is 9.97. The molecule has 1 atom stereocenters. The van der Waals surface area contributed by atoms with Gasteiger partial charge >= 0.3 is 25.8 Å². The van der Waals surface area contributed by atoms with Gasteiger partial charge in [-0.3, -0.25) is 0 Å². The molecule has 0 radical (unpaired) electrons. The van der Waals surface area contributed by atoms with Crippen molar-refractivity contribution in [1.29, 1.82) is 0 Å². The van der Waals surface area contributed by atoms with Crippen molar-refractivity contribution in [2.75, 3.05) is 0 Å². The second-order valence-corrected chi connectivity index (χ2v) is 7.76. The summed E-state index contributed by atoms with van der Waals surface area (Å²) in [6.07, 6.45) is 0. The summed E-state index contributed by atoms with van der Waals surface area (Å²) in [7, 11) is 0.754. The zero-order valence-electron chi connectivity index (χ0n) is 16.1. The average Bonchev–Trinajstić information content (AvgIpc) is 3.28. The van der Waals surface area contributed by atoms with Crippen LogP contribution in [0.2, 0.25) is 0 Å². The number of rotatable bonds is 2.